The standard InChI is InChI=1S/C14H22N2/c1-14(2,3)16-10-6-7-12(11-16)13-8-4-5-9-15-13/h4-5,8-9,12H,6-7,10-11H2,1-3H3. The summed E-state index contributed by atoms with van der Waals surface area (Å²) < 4.78 is 0. The minimum atomic E-state index is 0.285. The van der Waals surface area contributed by atoms with Gasteiger partial charge in [0, 0.05) is 29.9 Å². The van der Waals surface area contributed by atoms with Gasteiger partial charge in [0.25, 0.3) is 0 Å². The molecule has 16 heavy (non-hydrogen) atoms. The van der Waals surface area contributed by atoms with Crippen molar-refractivity contribution in [3.05, 3.63) is 30.1 Å². The normalized spacial score (nSPS) is 23.3. The van der Waals surface area contributed by atoms with Crippen molar-refractivity contribution in [2.24, 2.45) is 0 Å². The zero-order valence-corrected chi connectivity index (χ0v) is 10.6. The van der Waals surface area contributed by atoms with Crippen LogP contribution < -0.4 is 0 Å². The van der Waals surface area contributed by atoms with Gasteiger partial charge in [-0.3, -0.25) is 9.88 Å². The molecule has 2 rings (SSSR count). The van der Waals surface area contributed by atoms with Crippen LogP contribution in [0.4, 0.5) is 0 Å². The van der Waals surface area contributed by atoms with Gasteiger partial charge >= 0.3 is 0 Å². The molecule has 0 bridgehead atoms. The van der Waals surface area contributed by atoms with E-state index in [9.17, 15) is 0 Å². The maximum absolute atomic E-state index is 4.49. The molecule has 88 valence electrons. The van der Waals surface area contributed by atoms with Crippen molar-refractivity contribution >= 4 is 0 Å². The van der Waals surface area contributed by atoms with E-state index in [4.69, 9.17) is 0 Å². The van der Waals surface area contributed by atoms with Crippen molar-refractivity contribution in [3.8, 4) is 0 Å². The third-order valence-corrected chi connectivity index (χ3v) is 3.48. The van der Waals surface area contributed by atoms with Gasteiger partial charge in [-0.05, 0) is 52.3 Å². The van der Waals surface area contributed by atoms with E-state index in [2.05, 4.69) is 42.8 Å². The fourth-order valence-corrected chi connectivity index (χ4v) is 2.45. The summed E-state index contributed by atoms with van der Waals surface area (Å²) in [6.07, 6.45) is 4.48. The largest absolute Gasteiger partial charge is 0.298 e. The van der Waals surface area contributed by atoms with E-state index in [0.717, 1.165) is 6.54 Å². The van der Waals surface area contributed by atoms with Crippen molar-refractivity contribution in [1.82, 2.24) is 9.88 Å². The highest BCUT2D eigenvalue weighted by Gasteiger charge is 2.28. The van der Waals surface area contributed by atoms with Crippen LogP contribution in [0, 0.1) is 0 Å². The molecule has 0 amide bonds. The van der Waals surface area contributed by atoms with Gasteiger partial charge in [0.05, 0.1) is 0 Å². The molecule has 1 unspecified atom stereocenters. The molecule has 1 aliphatic heterocycles. The maximum atomic E-state index is 4.49. The molecule has 1 fully saturated rings. The summed E-state index contributed by atoms with van der Waals surface area (Å²) in [5.41, 5.74) is 1.55. The molecule has 0 aromatic carbocycles. The Labute approximate surface area is 98.7 Å². The predicted molar refractivity (Wildman–Crippen MR) is 67.5 cm³/mol. The molecule has 1 aliphatic rings. The van der Waals surface area contributed by atoms with Gasteiger partial charge in [-0.2, -0.15) is 0 Å². The summed E-state index contributed by atoms with van der Waals surface area (Å²) in [5, 5.41) is 0. The molecular weight excluding hydrogens is 196 g/mol. The molecule has 0 spiro atoms. The van der Waals surface area contributed by atoms with Gasteiger partial charge in [-0.25, -0.2) is 0 Å². The van der Waals surface area contributed by atoms with Crippen LogP contribution >= 0.6 is 0 Å². The maximum Gasteiger partial charge on any atom is 0.0447 e. The molecule has 1 aromatic heterocycles. The van der Waals surface area contributed by atoms with E-state index < -0.39 is 0 Å². The van der Waals surface area contributed by atoms with Gasteiger partial charge in [-0.1, -0.05) is 6.07 Å². The Morgan fingerprint density at radius 1 is 1.31 bits per heavy atom. The zero-order valence-electron chi connectivity index (χ0n) is 10.6. The molecule has 0 aliphatic carbocycles. The minimum Gasteiger partial charge on any atom is -0.298 e. The highest BCUT2D eigenvalue weighted by atomic mass is 15.2. The second-order valence-corrected chi connectivity index (χ2v) is 5.71. The van der Waals surface area contributed by atoms with Crippen LogP contribution in [0.15, 0.2) is 24.4 Å². The first-order valence-electron chi connectivity index (χ1n) is 6.23. The Kier molecular flexibility index (Phi) is 3.29. The van der Waals surface area contributed by atoms with E-state index in [1.54, 1.807) is 0 Å². The lowest BCUT2D eigenvalue weighted by Crippen LogP contribution is -2.46. The second kappa shape index (κ2) is 4.54. The van der Waals surface area contributed by atoms with Crippen molar-refractivity contribution in [3.63, 3.8) is 0 Å². The Bertz CT molecular complexity index is 326. The number of hydrogen-bond donors (Lipinski definition) is 0. The van der Waals surface area contributed by atoms with Crippen molar-refractivity contribution in [2.75, 3.05) is 13.1 Å². The van der Waals surface area contributed by atoms with Crippen LogP contribution in [-0.2, 0) is 0 Å². The van der Waals surface area contributed by atoms with E-state index in [0.29, 0.717) is 5.92 Å². The van der Waals surface area contributed by atoms with Crippen LogP contribution in [0.1, 0.15) is 45.2 Å². The van der Waals surface area contributed by atoms with Crippen molar-refractivity contribution in [2.45, 2.75) is 45.1 Å². The lowest BCUT2D eigenvalue weighted by Gasteiger charge is -2.41. The van der Waals surface area contributed by atoms with Gasteiger partial charge in [0.2, 0.25) is 0 Å². The molecule has 1 atom stereocenters. The summed E-state index contributed by atoms with van der Waals surface area (Å²) in [5.74, 6) is 0.620. The van der Waals surface area contributed by atoms with E-state index in [1.807, 2.05) is 12.3 Å². The Morgan fingerprint density at radius 2 is 2.12 bits per heavy atom. The SMILES string of the molecule is CC(C)(C)N1CCCC(c2ccccn2)C1. The number of aromatic nitrogens is 1. The third-order valence-electron chi connectivity index (χ3n) is 3.48. The molecule has 1 aromatic rings. The molecule has 0 N–H and O–H groups in total. The van der Waals surface area contributed by atoms with Gasteiger partial charge in [0.1, 0.15) is 0 Å². The number of rotatable bonds is 1. The fraction of sp³-hybridized carbons (Fsp3) is 0.643. The number of nitrogens with zero attached hydrogens (tertiary/aromatic N) is 2. The molecule has 0 radical (unpaired) electrons. The molecule has 1 saturated heterocycles. The first-order valence-corrected chi connectivity index (χ1v) is 6.23. The van der Waals surface area contributed by atoms with Gasteiger partial charge < -0.3 is 0 Å². The highest BCUT2D eigenvalue weighted by Crippen LogP contribution is 2.29. The first-order chi connectivity index (χ1) is 7.57. The fourth-order valence-electron chi connectivity index (χ4n) is 2.45. The summed E-state index contributed by atoms with van der Waals surface area (Å²) in [6, 6.07) is 6.25. The molecule has 2 heterocycles. The van der Waals surface area contributed by atoms with Gasteiger partial charge in [-0.15, -0.1) is 0 Å². The summed E-state index contributed by atoms with van der Waals surface area (Å²) in [7, 11) is 0. The topological polar surface area (TPSA) is 16.1 Å². The zero-order chi connectivity index (χ0) is 11.6. The Morgan fingerprint density at radius 3 is 2.75 bits per heavy atom. The van der Waals surface area contributed by atoms with Crippen molar-refractivity contribution < 1.29 is 0 Å². The lowest BCUT2D eigenvalue weighted by atomic mass is 9.91. The predicted octanol–water partition coefficient (Wildman–Crippen LogP) is 3.06. The van der Waals surface area contributed by atoms with Crippen LogP contribution in [0.2, 0.25) is 0 Å². The van der Waals surface area contributed by atoms with Crippen LogP contribution in [0.25, 0.3) is 0 Å². The van der Waals surface area contributed by atoms with E-state index >= 15 is 0 Å². The summed E-state index contributed by atoms with van der Waals surface area (Å²) >= 11 is 0. The number of pyridine rings is 1. The molecular formula is C14H22N2. The molecule has 2 nitrogen and oxygen atoms in total. The monoisotopic (exact) mass is 218 g/mol. The average molecular weight is 218 g/mol. The smallest absolute Gasteiger partial charge is 0.0447 e. The number of likely N-dealkylation sites (tertiary alicyclic amines) is 1. The number of hydrogen-bond acceptors (Lipinski definition) is 2. The minimum absolute atomic E-state index is 0.285. The molecule has 0 saturated carbocycles. The average Bonchev–Trinajstić information content (AvgIpc) is 2.29. The van der Waals surface area contributed by atoms with Crippen LogP contribution in [-0.4, -0.2) is 28.5 Å². The summed E-state index contributed by atoms with van der Waals surface area (Å²) in [4.78, 5) is 7.07. The van der Waals surface area contributed by atoms with Crippen molar-refractivity contribution in [1.29, 1.82) is 0 Å². The summed E-state index contributed by atoms with van der Waals surface area (Å²) in [6.45, 7) is 9.28. The number of piperidine rings is 1. The third kappa shape index (κ3) is 2.62. The van der Waals surface area contributed by atoms with Crippen LogP contribution in [0.5, 0.6) is 0 Å². The highest BCUT2D eigenvalue weighted by molar-refractivity contribution is 5.11. The molecule has 2 heteroatoms. The Hall–Kier alpha value is -0.890. The second-order valence-electron chi connectivity index (χ2n) is 5.71. The quantitative estimate of drug-likeness (QED) is 0.720. The van der Waals surface area contributed by atoms with Crippen LogP contribution in [0.3, 0.4) is 0 Å². The van der Waals surface area contributed by atoms with E-state index in [1.165, 1.54) is 25.1 Å². The first kappa shape index (κ1) is 11.6. The van der Waals surface area contributed by atoms with Gasteiger partial charge in [0.15, 0.2) is 0 Å². The lowest BCUT2D eigenvalue weighted by molar-refractivity contribution is 0.0978. The Balaban J connectivity index is 2.08. The van der Waals surface area contributed by atoms with E-state index in [-0.39, 0.29) is 5.54 Å².